The van der Waals surface area contributed by atoms with Crippen LogP contribution < -0.4 is 16.0 Å². The molecule has 4 rings (SSSR count). The fourth-order valence-corrected chi connectivity index (χ4v) is 4.18. The maximum Gasteiger partial charge on any atom is 0.293 e. The van der Waals surface area contributed by atoms with E-state index >= 15 is 0 Å². The van der Waals surface area contributed by atoms with Crippen molar-refractivity contribution in [1.29, 1.82) is 0 Å². The average molecular weight is 449 g/mol. The van der Waals surface area contributed by atoms with Crippen molar-refractivity contribution in [3.63, 3.8) is 0 Å². The Labute approximate surface area is 188 Å². The van der Waals surface area contributed by atoms with E-state index in [1.165, 1.54) is 23.9 Å². The third-order valence-electron chi connectivity index (χ3n) is 4.93. The number of hydrogen-bond donors (Lipinski definition) is 3. The average Bonchev–Trinajstić information content (AvgIpc) is 2.78. The van der Waals surface area contributed by atoms with Crippen LogP contribution in [0, 0.1) is 17.0 Å². The molecule has 0 radical (unpaired) electrons. The molecule has 1 aliphatic heterocycles. The van der Waals surface area contributed by atoms with Crippen molar-refractivity contribution in [3.8, 4) is 0 Å². The van der Waals surface area contributed by atoms with Crippen molar-refractivity contribution in [1.82, 2.24) is 0 Å². The topological polar surface area (TPSA) is 113 Å². The first kappa shape index (κ1) is 21.4. The molecule has 3 aromatic rings. The summed E-state index contributed by atoms with van der Waals surface area (Å²) in [5.41, 5.74) is 2.69. The van der Waals surface area contributed by atoms with E-state index in [1.807, 2.05) is 30.3 Å². The van der Waals surface area contributed by atoms with Crippen LogP contribution in [0.1, 0.15) is 17.2 Å². The van der Waals surface area contributed by atoms with Crippen molar-refractivity contribution in [2.24, 2.45) is 0 Å². The number of nitrogens with one attached hydrogen (secondary N) is 3. The van der Waals surface area contributed by atoms with Gasteiger partial charge in [-0.05, 0) is 42.3 Å². The Bertz CT molecular complexity index is 1200. The standard InChI is InChI=1S/C23H20N4O4S/c1-14-7-9-17(19(11-14)27(30)31)26-23(29)22(15-5-3-2-4-6-15)24-16-8-10-20-18(12-16)25-21(28)13-32-20/h2-12,22,24H,13H2,1H3,(H,25,28)(H,26,29)/t22-/m1/s1. The van der Waals surface area contributed by atoms with Crippen LogP contribution in [0.5, 0.6) is 0 Å². The highest BCUT2D eigenvalue weighted by molar-refractivity contribution is 8.00. The molecule has 0 aliphatic carbocycles. The molecule has 0 spiro atoms. The lowest BCUT2D eigenvalue weighted by Crippen LogP contribution is -2.27. The smallest absolute Gasteiger partial charge is 0.293 e. The minimum atomic E-state index is -0.817. The van der Waals surface area contributed by atoms with Crippen LogP contribution >= 0.6 is 11.8 Å². The van der Waals surface area contributed by atoms with Gasteiger partial charge in [-0.3, -0.25) is 19.7 Å². The number of amides is 2. The van der Waals surface area contributed by atoms with Gasteiger partial charge >= 0.3 is 0 Å². The second kappa shape index (κ2) is 9.11. The van der Waals surface area contributed by atoms with Gasteiger partial charge in [-0.1, -0.05) is 36.4 Å². The van der Waals surface area contributed by atoms with Gasteiger partial charge in [0.2, 0.25) is 5.91 Å². The van der Waals surface area contributed by atoms with Crippen LogP contribution in [0.25, 0.3) is 0 Å². The molecule has 8 nitrogen and oxygen atoms in total. The number of nitro benzene ring substituents is 1. The van der Waals surface area contributed by atoms with Crippen LogP contribution in [-0.2, 0) is 9.59 Å². The number of carbonyl (C=O) groups is 2. The molecule has 1 atom stereocenters. The van der Waals surface area contributed by atoms with E-state index in [0.29, 0.717) is 22.7 Å². The molecule has 32 heavy (non-hydrogen) atoms. The molecule has 0 unspecified atom stereocenters. The van der Waals surface area contributed by atoms with E-state index in [0.717, 1.165) is 10.5 Å². The maximum absolute atomic E-state index is 13.2. The number of fused-ring (bicyclic) bond motifs is 1. The number of hydrogen-bond acceptors (Lipinski definition) is 6. The van der Waals surface area contributed by atoms with E-state index in [2.05, 4.69) is 16.0 Å². The number of benzene rings is 3. The van der Waals surface area contributed by atoms with E-state index in [4.69, 9.17) is 0 Å². The largest absolute Gasteiger partial charge is 0.370 e. The lowest BCUT2D eigenvalue weighted by molar-refractivity contribution is -0.384. The van der Waals surface area contributed by atoms with Crippen molar-refractivity contribution < 1.29 is 14.5 Å². The van der Waals surface area contributed by atoms with Crippen LogP contribution in [-0.4, -0.2) is 22.5 Å². The predicted octanol–water partition coefficient (Wildman–Crippen LogP) is 4.74. The summed E-state index contributed by atoms with van der Waals surface area (Å²) >= 11 is 1.45. The Kier molecular flexibility index (Phi) is 6.09. The van der Waals surface area contributed by atoms with Gasteiger partial charge in [0.25, 0.3) is 11.6 Å². The summed E-state index contributed by atoms with van der Waals surface area (Å²) in [6.45, 7) is 1.75. The molecule has 1 aliphatic rings. The summed E-state index contributed by atoms with van der Waals surface area (Å²) < 4.78 is 0. The fourth-order valence-electron chi connectivity index (χ4n) is 3.39. The quantitative estimate of drug-likeness (QED) is 0.371. The zero-order chi connectivity index (χ0) is 22.7. The first-order valence-corrected chi connectivity index (χ1v) is 10.8. The van der Waals surface area contributed by atoms with Crippen LogP contribution in [0.2, 0.25) is 0 Å². The van der Waals surface area contributed by atoms with Gasteiger partial charge in [-0.25, -0.2) is 0 Å². The molecule has 0 aromatic heterocycles. The molecular formula is C23H20N4O4S. The number of thioether (sulfide) groups is 1. The number of nitrogens with zero attached hydrogens (tertiary/aromatic N) is 1. The third-order valence-corrected chi connectivity index (χ3v) is 6.00. The van der Waals surface area contributed by atoms with Gasteiger partial charge < -0.3 is 16.0 Å². The van der Waals surface area contributed by atoms with Crippen LogP contribution in [0.4, 0.5) is 22.7 Å². The molecule has 0 fully saturated rings. The highest BCUT2D eigenvalue weighted by Crippen LogP contribution is 2.35. The highest BCUT2D eigenvalue weighted by Gasteiger charge is 2.25. The van der Waals surface area contributed by atoms with Gasteiger partial charge in [0.1, 0.15) is 11.7 Å². The molecule has 162 valence electrons. The van der Waals surface area contributed by atoms with Gasteiger partial charge in [0.05, 0.1) is 16.4 Å². The second-order valence-electron chi connectivity index (χ2n) is 7.30. The van der Waals surface area contributed by atoms with Crippen LogP contribution in [0.15, 0.2) is 71.6 Å². The lowest BCUT2D eigenvalue weighted by atomic mass is 10.0. The molecule has 0 saturated heterocycles. The number of nitro groups is 1. The normalized spacial score (nSPS) is 13.5. The summed E-state index contributed by atoms with van der Waals surface area (Å²) in [6, 6.07) is 18.4. The van der Waals surface area contributed by atoms with E-state index < -0.39 is 16.9 Å². The molecule has 1 heterocycles. The first-order valence-electron chi connectivity index (χ1n) is 9.85. The van der Waals surface area contributed by atoms with Crippen molar-refractivity contribution >= 4 is 46.3 Å². The van der Waals surface area contributed by atoms with E-state index in [1.54, 1.807) is 31.2 Å². The highest BCUT2D eigenvalue weighted by atomic mass is 32.2. The Hall–Kier alpha value is -3.85. The molecule has 3 aromatic carbocycles. The summed E-state index contributed by atoms with van der Waals surface area (Å²) in [7, 11) is 0. The van der Waals surface area contributed by atoms with Crippen molar-refractivity contribution in [2.75, 3.05) is 21.7 Å². The Balaban J connectivity index is 1.64. The molecular weight excluding hydrogens is 428 g/mol. The third kappa shape index (κ3) is 4.73. The number of rotatable bonds is 6. The van der Waals surface area contributed by atoms with E-state index in [-0.39, 0.29) is 17.3 Å². The summed E-state index contributed by atoms with van der Waals surface area (Å²) in [6.07, 6.45) is 0. The molecule has 3 N–H and O–H groups in total. The molecule has 0 bridgehead atoms. The Morgan fingerprint density at radius 1 is 1.12 bits per heavy atom. The molecule has 9 heteroatoms. The zero-order valence-electron chi connectivity index (χ0n) is 17.1. The van der Waals surface area contributed by atoms with Crippen LogP contribution in [0.3, 0.4) is 0 Å². The van der Waals surface area contributed by atoms with Crippen molar-refractivity contribution in [3.05, 3.63) is 88.0 Å². The Morgan fingerprint density at radius 2 is 1.91 bits per heavy atom. The van der Waals surface area contributed by atoms with Gasteiger partial charge in [-0.15, -0.1) is 11.8 Å². The SMILES string of the molecule is Cc1ccc(NC(=O)[C@H](Nc2ccc3c(c2)NC(=O)CS3)c2ccccc2)c([N+](=O)[O-])c1. The van der Waals surface area contributed by atoms with Gasteiger partial charge in [0.15, 0.2) is 0 Å². The number of carbonyl (C=O) groups excluding carboxylic acids is 2. The minimum Gasteiger partial charge on any atom is -0.370 e. The zero-order valence-corrected chi connectivity index (χ0v) is 17.9. The second-order valence-corrected chi connectivity index (χ2v) is 8.32. The number of anilines is 3. The Morgan fingerprint density at radius 3 is 2.66 bits per heavy atom. The van der Waals surface area contributed by atoms with E-state index in [9.17, 15) is 19.7 Å². The molecule has 2 amide bonds. The predicted molar refractivity (Wildman–Crippen MR) is 125 cm³/mol. The first-order chi connectivity index (χ1) is 15.4. The molecule has 0 saturated carbocycles. The number of aryl methyl sites for hydroxylation is 1. The van der Waals surface area contributed by atoms with Crippen molar-refractivity contribution in [2.45, 2.75) is 17.9 Å². The van der Waals surface area contributed by atoms with Gasteiger partial charge in [0, 0.05) is 16.6 Å². The van der Waals surface area contributed by atoms with Gasteiger partial charge in [-0.2, -0.15) is 0 Å². The maximum atomic E-state index is 13.2. The fraction of sp³-hybridized carbons (Fsp3) is 0.130. The summed E-state index contributed by atoms with van der Waals surface area (Å²) in [4.78, 5) is 36.9. The summed E-state index contributed by atoms with van der Waals surface area (Å²) in [5.74, 6) is -0.160. The minimum absolute atomic E-state index is 0.0799. The monoisotopic (exact) mass is 448 g/mol. The summed E-state index contributed by atoms with van der Waals surface area (Å²) in [5, 5.41) is 20.2. The lowest BCUT2D eigenvalue weighted by Gasteiger charge is -2.22.